The molecule has 1 aromatic rings. The smallest absolute Gasteiger partial charge is 0.223 e. The predicted octanol–water partition coefficient (Wildman–Crippen LogP) is 2.37. The molecular formula is C19H31Cl2N3O3. The van der Waals surface area contributed by atoms with Crippen LogP contribution in [0, 0.1) is 5.92 Å². The number of methoxy groups -OCH3 is 2. The lowest BCUT2D eigenvalue weighted by Crippen LogP contribution is -2.40. The van der Waals surface area contributed by atoms with Gasteiger partial charge in [0.05, 0.1) is 14.2 Å². The number of hydrogen-bond acceptors (Lipinski definition) is 5. The van der Waals surface area contributed by atoms with Crippen molar-refractivity contribution in [1.82, 2.24) is 10.2 Å². The summed E-state index contributed by atoms with van der Waals surface area (Å²) in [6, 6.07) is 6.38. The van der Waals surface area contributed by atoms with Gasteiger partial charge >= 0.3 is 0 Å². The number of nitrogens with two attached hydrogens (primary N) is 1. The van der Waals surface area contributed by atoms with Crippen molar-refractivity contribution in [2.75, 3.05) is 27.3 Å². The molecule has 0 aromatic heterocycles. The fourth-order valence-corrected chi connectivity index (χ4v) is 3.88. The van der Waals surface area contributed by atoms with Crippen molar-refractivity contribution >= 4 is 30.7 Å². The van der Waals surface area contributed by atoms with Gasteiger partial charge in [-0.2, -0.15) is 0 Å². The molecule has 3 unspecified atom stereocenters. The second-order valence-corrected chi connectivity index (χ2v) is 7.22. The van der Waals surface area contributed by atoms with Gasteiger partial charge in [-0.15, -0.1) is 24.8 Å². The predicted molar refractivity (Wildman–Crippen MR) is 111 cm³/mol. The minimum Gasteiger partial charge on any atom is -0.497 e. The number of amides is 1. The van der Waals surface area contributed by atoms with Crippen LogP contribution in [0.4, 0.5) is 0 Å². The number of ether oxygens (including phenoxy) is 2. The number of hydrogen-bond donors (Lipinski definition) is 2. The van der Waals surface area contributed by atoms with Crippen LogP contribution in [0.5, 0.6) is 11.5 Å². The molecular weight excluding hydrogens is 389 g/mol. The minimum atomic E-state index is 0. The summed E-state index contributed by atoms with van der Waals surface area (Å²) in [5.74, 6) is 1.89. The van der Waals surface area contributed by atoms with Gasteiger partial charge in [-0.05, 0) is 43.4 Å². The SMILES string of the molecule is COc1cc(CN2CCC(NC(=O)C3CCC(N)C3)C2)cc(OC)c1.Cl.Cl. The highest BCUT2D eigenvalue weighted by atomic mass is 35.5. The second-order valence-electron chi connectivity index (χ2n) is 7.22. The third-order valence-electron chi connectivity index (χ3n) is 5.28. The third-order valence-corrected chi connectivity index (χ3v) is 5.28. The van der Waals surface area contributed by atoms with E-state index in [1.807, 2.05) is 18.2 Å². The van der Waals surface area contributed by atoms with Crippen molar-refractivity contribution in [3.05, 3.63) is 23.8 Å². The van der Waals surface area contributed by atoms with Crippen LogP contribution in [-0.2, 0) is 11.3 Å². The number of nitrogens with zero attached hydrogens (tertiary/aromatic N) is 1. The molecule has 3 rings (SSSR count). The summed E-state index contributed by atoms with van der Waals surface area (Å²) in [7, 11) is 3.32. The summed E-state index contributed by atoms with van der Waals surface area (Å²) in [5.41, 5.74) is 7.08. The number of halogens is 2. The van der Waals surface area contributed by atoms with Crippen LogP contribution >= 0.6 is 24.8 Å². The van der Waals surface area contributed by atoms with E-state index in [1.165, 1.54) is 0 Å². The van der Waals surface area contributed by atoms with Gasteiger partial charge in [0.2, 0.25) is 5.91 Å². The van der Waals surface area contributed by atoms with Gasteiger partial charge in [0.1, 0.15) is 11.5 Å². The van der Waals surface area contributed by atoms with E-state index in [0.29, 0.717) is 0 Å². The van der Waals surface area contributed by atoms with E-state index in [9.17, 15) is 4.79 Å². The molecule has 2 fully saturated rings. The van der Waals surface area contributed by atoms with Crippen molar-refractivity contribution in [3.63, 3.8) is 0 Å². The normalized spacial score (nSPS) is 24.6. The number of carbonyl (C=O) groups excluding carboxylic acids is 1. The summed E-state index contributed by atoms with van der Waals surface area (Å²) < 4.78 is 10.7. The van der Waals surface area contributed by atoms with Gasteiger partial charge in [-0.25, -0.2) is 0 Å². The van der Waals surface area contributed by atoms with Crippen molar-refractivity contribution in [3.8, 4) is 11.5 Å². The summed E-state index contributed by atoms with van der Waals surface area (Å²) in [5, 5.41) is 3.22. The fourth-order valence-electron chi connectivity index (χ4n) is 3.88. The van der Waals surface area contributed by atoms with Crippen molar-refractivity contribution in [2.45, 2.75) is 44.3 Å². The third kappa shape index (κ3) is 6.42. The number of likely N-dealkylation sites (tertiary alicyclic amines) is 1. The van der Waals surface area contributed by atoms with Crippen LogP contribution in [0.2, 0.25) is 0 Å². The quantitative estimate of drug-likeness (QED) is 0.739. The number of nitrogens with one attached hydrogen (secondary N) is 1. The molecule has 2 aliphatic rings. The molecule has 0 radical (unpaired) electrons. The minimum absolute atomic E-state index is 0. The standard InChI is InChI=1S/C19H29N3O3.2ClH/c1-24-17-7-13(8-18(10-17)25-2)11-22-6-5-16(12-22)21-19(23)14-3-4-15(20)9-14;;/h7-8,10,14-16H,3-6,9,11-12,20H2,1-2H3,(H,21,23);2*1H. The molecule has 8 heteroatoms. The number of benzene rings is 1. The molecule has 154 valence electrons. The Hall–Kier alpha value is -1.21. The maximum atomic E-state index is 12.4. The van der Waals surface area contributed by atoms with Crippen LogP contribution in [0.15, 0.2) is 18.2 Å². The van der Waals surface area contributed by atoms with E-state index in [1.54, 1.807) is 14.2 Å². The first-order chi connectivity index (χ1) is 12.1. The molecule has 0 bridgehead atoms. The first-order valence-corrected chi connectivity index (χ1v) is 9.07. The number of carbonyl (C=O) groups is 1. The monoisotopic (exact) mass is 419 g/mol. The fraction of sp³-hybridized carbons (Fsp3) is 0.632. The average molecular weight is 420 g/mol. The lowest BCUT2D eigenvalue weighted by atomic mass is 10.1. The van der Waals surface area contributed by atoms with E-state index in [-0.39, 0.29) is 48.7 Å². The van der Waals surface area contributed by atoms with Gasteiger partial charge in [0.25, 0.3) is 0 Å². The lowest BCUT2D eigenvalue weighted by molar-refractivity contribution is -0.125. The number of rotatable bonds is 6. The van der Waals surface area contributed by atoms with Crippen LogP contribution in [0.25, 0.3) is 0 Å². The summed E-state index contributed by atoms with van der Waals surface area (Å²) in [6.07, 6.45) is 3.71. The van der Waals surface area contributed by atoms with Crippen LogP contribution in [0.3, 0.4) is 0 Å². The van der Waals surface area contributed by atoms with Crippen molar-refractivity contribution in [1.29, 1.82) is 0 Å². The molecule has 6 nitrogen and oxygen atoms in total. The van der Waals surface area contributed by atoms with E-state index in [0.717, 1.165) is 62.4 Å². The van der Waals surface area contributed by atoms with Crippen LogP contribution in [-0.4, -0.2) is 50.2 Å². The first-order valence-electron chi connectivity index (χ1n) is 9.07. The molecule has 1 aliphatic carbocycles. The van der Waals surface area contributed by atoms with Gasteiger partial charge in [-0.3, -0.25) is 9.69 Å². The summed E-state index contributed by atoms with van der Waals surface area (Å²) in [6.45, 7) is 2.69. The zero-order chi connectivity index (χ0) is 17.8. The largest absolute Gasteiger partial charge is 0.497 e. The molecule has 27 heavy (non-hydrogen) atoms. The van der Waals surface area contributed by atoms with Gasteiger partial charge < -0.3 is 20.5 Å². The van der Waals surface area contributed by atoms with Crippen molar-refractivity contribution in [2.24, 2.45) is 11.7 Å². The highest BCUT2D eigenvalue weighted by Gasteiger charge is 2.31. The Balaban J connectivity index is 0.00000182. The molecule has 0 spiro atoms. The zero-order valence-electron chi connectivity index (χ0n) is 16.0. The highest BCUT2D eigenvalue weighted by Crippen LogP contribution is 2.26. The first kappa shape index (κ1) is 23.8. The molecule has 1 aliphatic heterocycles. The zero-order valence-corrected chi connectivity index (χ0v) is 17.6. The Kier molecular flexibility index (Phi) is 9.67. The van der Waals surface area contributed by atoms with Crippen LogP contribution < -0.4 is 20.5 Å². The maximum Gasteiger partial charge on any atom is 0.223 e. The van der Waals surface area contributed by atoms with Gasteiger partial charge in [-0.1, -0.05) is 0 Å². The maximum absolute atomic E-state index is 12.4. The Bertz CT molecular complexity index is 596. The van der Waals surface area contributed by atoms with Crippen molar-refractivity contribution < 1.29 is 14.3 Å². The van der Waals surface area contributed by atoms with E-state index in [4.69, 9.17) is 15.2 Å². The van der Waals surface area contributed by atoms with Gasteiger partial charge in [0, 0.05) is 43.7 Å². The highest BCUT2D eigenvalue weighted by molar-refractivity contribution is 5.85. The van der Waals surface area contributed by atoms with Crippen LogP contribution in [0.1, 0.15) is 31.2 Å². The summed E-state index contributed by atoms with van der Waals surface area (Å²) >= 11 is 0. The lowest BCUT2D eigenvalue weighted by Gasteiger charge is -2.19. The average Bonchev–Trinajstić information content (AvgIpc) is 3.23. The molecule has 3 atom stereocenters. The topological polar surface area (TPSA) is 76.8 Å². The molecule has 1 heterocycles. The van der Waals surface area contributed by atoms with E-state index in [2.05, 4.69) is 10.2 Å². The Morgan fingerprint density at radius 1 is 1.15 bits per heavy atom. The molecule has 1 saturated carbocycles. The Morgan fingerprint density at radius 2 is 1.81 bits per heavy atom. The second kappa shape index (κ2) is 11.0. The van der Waals surface area contributed by atoms with E-state index < -0.39 is 0 Å². The molecule has 1 aromatic carbocycles. The molecule has 1 amide bonds. The molecule has 3 N–H and O–H groups in total. The van der Waals surface area contributed by atoms with Gasteiger partial charge in [0.15, 0.2) is 0 Å². The molecule has 1 saturated heterocycles. The Labute approximate surface area is 174 Å². The summed E-state index contributed by atoms with van der Waals surface area (Å²) in [4.78, 5) is 14.7. The Morgan fingerprint density at radius 3 is 2.37 bits per heavy atom. The van der Waals surface area contributed by atoms with E-state index >= 15 is 0 Å².